The van der Waals surface area contributed by atoms with Crippen molar-refractivity contribution in [3.05, 3.63) is 115 Å². The molecule has 4 aromatic carbocycles. The molecular formula is C33H24N2O16S4. The molecule has 0 fully saturated rings. The van der Waals surface area contributed by atoms with Crippen molar-refractivity contribution in [2.45, 2.75) is 32.4 Å². The first-order chi connectivity index (χ1) is 25.5. The van der Waals surface area contributed by atoms with Gasteiger partial charge in [0.05, 0.1) is 38.1 Å². The first-order valence-electron chi connectivity index (χ1n) is 15.3. The number of carbonyl (C=O) groups is 1. The maximum absolute atomic E-state index is 14.3. The smallest absolute Gasteiger partial charge is 0.303 e. The second-order valence-corrected chi connectivity index (χ2v) is 18.2. The fourth-order valence-electron chi connectivity index (χ4n) is 6.13. The number of fused-ring (bicyclic) bond motifs is 2. The Morgan fingerprint density at radius 3 is 1.78 bits per heavy atom. The molecule has 18 nitrogen and oxygen atoms in total. The molecule has 1 aliphatic heterocycles. The lowest BCUT2D eigenvalue weighted by atomic mass is 9.96. The van der Waals surface area contributed by atoms with Gasteiger partial charge in [-0.2, -0.15) is 25.3 Å². The van der Waals surface area contributed by atoms with Gasteiger partial charge in [-0.3, -0.25) is 28.0 Å². The van der Waals surface area contributed by atoms with Crippen molar-refractivity contribution in [1.82, 2.24) is 4.98 Å². The number of hydrogen-bond acceptors (Lipinski definition) is 14. The summed E-state index contributed by atoms with van der Waals surface area (Å²) < 4.78 is 134. The summed E-state index contributed by atoms with van der Waals surface area (Å²) >= 11 is 0. The summed E-state index contributed by atoms with van der Waals surface area (Å²) in [6.07, 6.45) is -1.19. The molecule has 0 radical (unpaired) electrons. The van der Waals surface area contributed by atoms with E-state index in [-0.39, 0.29) is 33.7 Å². The SMILES string of the molecule is O=C(O)CCCS(=O)(=O)c1cc(S(=O)(=O)O)c(Nc2cc(S(=O)(=O)O)c3nc(=O)c(=C(O)c4ccccc4)c4c5ccccc5c(=O)c2c3=4)c(S(=O)(=O)O)c1. The van der Waals surface area contributed by atoms with E-state index in [1.807, 2.05) is 0 Å². The lowest BCUT2D eigenvalue weighted by Gasteiger charge is -2.19. The van der Waals surface area contributed by atoms with Gasteiger partial charge in [0.2, 0.25) is 0 Å². The van der Waals surface area contributed by atoms with E-state index in [9.17, 15) is 66.8 Å². The summed E-state index contributed by atoms with van der Waals surface area (Å²) in [6.45, 7) is 0. The van der Waals surface area contributed by atoms with Crippen LogP contribution in [0.4, 0.5) is 11.4 Å². The van der Waals surface area contributed by atoms with Crippen LogP contribution in [0.15, 0.2) is 102 Å². The number of aromatic nitrogens is 1. The standard InChI is InChI=1S/C33H24N2O16S4/c36-24(37)11-6-12-52(41,42)17-13-21(53(43,44)45)29(22(14-17)54(46,47)48)34-20-15-23(55(49,50)51)30-27-25(18-9-4-5-10-19(18)32(39)26(20)27)28(33(40)35-30)31(38)16-7-2-1-3-8-16/h1-5,7-10,13-15,34,38H,6,11-12H2,(H,36,37)(H,43,44,45)(H,46,47,48)(H,49,50,51). The highest BCUT2D eigenvalue weighted by Gasteiger charge is 2.32. The quantitative estimate of drug-likeness (QED) is 0.101. The molecule has 2 aliphatic rings. The molecule has 0 saturated carbocycles. The van der Waals surface area contributed by atoms with Gasteiger partial charge in [0.1, 0.15) is 20.4 Å². The van der Waals surface area contributed by atoms with Crippen LogP contribution in [0.1, 0.15) is 18.4 Å². The number of rotatable bonds is 11. The number of sulfone groups is 1. The van der Waals surface area contributed by atoms with E-state index >= 15 is 0 Å². The minimum Gasteiger partial charge on any atom is -0.506 e. The molecule has 0 amide bonds. The Balaban J connectivity index is 1.84. The number of aliphatic carboxylic acids is 1. The van der Waals surface area contributed by atoms with Gasteiger partial charge in [0.15, 0.2) is 15.3 Å². The zero-order valence-electron chi connectivity index (χ0n) is 27.4. The first kappa shape index (κ1) is 39.1. The van der Waals surface area contributed by atoms with Crippen molar-refractivity contribution < 1.29 is 62.3 Å². The molecule has 0 spiro atoms. The van der Waals surface area contributed by atoms with Crippen LogP contribution in [-0.2, 0) is 45.0 Å². The lowest BCUT2D eigenvalue weighted by Crippen LogP contribution is -2.33. The zero-order chi connectivity index (χ0) is 40.4. The lowest BCUT2D eigenvalue weighted by molar-refractivity contribution is -0.137. The minimum atomic E-state index is -5.70. The first-order valence-corrected chi connectivity index (χ1v) is 21.3. The van der Waals surface area contributed by atoms with Crippen LogP contribution in [0.3, 0.4) is 0 Å². The van der Waals surface area contributed by atoms with Gasteiger partial charge in [0, 0.05) is 27.8 Å². The predicted molar refractivity (Wildman–Crippen MR) is 193 cm³/mol. The van der Waals surface area contributed by atoms with E-state index in [1.54, 1.807) is 6.07 Å². The molecule has 22 heteroatoms. The van der Waals surface area contributed by atoms with Gasteiger partial charge < -0.3 is 15.5 Å². The summed E-state index contributed by atoms with van der Waals surface area (Å²) in [5.74, 6) is -3.04. The maximum atomic E-state index is 14.3. The molecule has 0 saturated heterocycles. The molecule has 286 valence electrons. The van der Waals surface area contributed by atoms with Gasteiger partial charge in [-0.15, -0.1) is 0 Å². The second kappa shape index (κ2) is 13.6. The predicted octanol–water partition coefficient (Wildman–Crippen LogP) is 1.83. The Morgan fingerprint density at radius 1 is 0.691 bits per heavy atom. The Kier molecular flexibility index (Phi) is 9.66. The highest BCUT2D eigenvalue weighted by Crippen LogP contribution is 2.38. The number of aliphatic hydroxyl groups excluding tert-OH is 1. The number of hydrogen-bond donors (Lipinski definition) is 6. The van der Waals surface area contributed by atoms with E-state index in [2.05, 4.69) is 10.3 Å². The highest BCUT2D eigenvalue weighted by atomic mass is 32.2. The monoisotopic (exact) mass is 832 g/mol. The molecule has 1 aliphatic carbocycles. The van der Waals surface area contributed by atoms with Crippen LogP contribution in [0.5, 0.6) is 0 Å². The third kappa shape index (κ3) is 7.18. The number of carboxylic acids is 1. The molecule has 4 aromatic rings. The van der Waals surface area contributed by atoms with Crippen LogP contribution in [0.25, 0.3) is 27.4 Å². The molecule has 0 atom stereocenters. The van der Waals surface area contributed by atoms with Crippen LogP contribution in [0.2, 0.25) is 0 Å². The van der Waals surface area contributed by atoms with Crippen molar-refractivity contribution in [1.29, 1.82) is 0 Å². The number of aliphatic hydroxyl groups is 1. The summed E-state index contributed by atoms with van der Waals surface area (Å²) in [4.78, 5) is 37.4. The van der Waals surface area contributed by atoms with Gasteiger partial charge in [0.25, 0.3) is 35.9 Å². The summed E-state index contributed by atoms with van der Waals surface area (Å²) in [5.41, 5.74) is -5.08. The third-order valence-electron chi connectivity index (χ3n) is 8.44. The molecule has 0 unspecified atom stereocenters. The third-order valence-corrected chi connectivity index (χ3v) is 12.8. The zero-order valence-corrected chi connectivity index (χ0v) is 30.6. The van der Waals surface area contributed by atoms with E-state index < -0.39 is 134 Å². The van der Waals surface area contributed by atoms with E-state index in [1.165, 1.54) is 48.5 Å². The fourth-order valence-corrected chi connectivity index (χ4v) is 9.74. The van der Waals surface area contributed by atoms with Crippen LogP contribution >= 0.6 is 0 Å². The number of carboxylic acid groups (broad SMARTS) is 1. The normalized spacial score (nSPS) is 13.4. The van der Waals surface area contributed by atoms with Crippen molar-refractivity contribution in [2.24, 2.45) is 0 Å². The van der Waals surface area contributed by atoms with Crippen molar-refractivity contribution >= 4 is 85.0 Å². The summed E-state index contributed by atoms with van der Waals surface area (Å²) in [5, 5.41) is 20.4. The highest BCUT2D eigenvalue weighted by molar-refractivity contribution is 7.91. The molecule has 6 N–H and O–H groups in total. The molecule has 1 heterocycles. The van der Waals surface area contributed by atoms with Gasteiger partial charge in [-0.25, -0.2) is 13.4 Å². The number of anilines is 2. The average Bonchev–Trinajstić information content (AvgIpc) is 3.08. The number of nitrogens with zero attached hydrogens (tertiary/aromatic N) is 1. The van der Waals surface area contributed by atoms with Crippen LogP contribution in [-0.4, -0.2) is 74.2 Å². The molecular weight excluding hydrogens is 809 g/mol. The molecule has 55 heavy (non-hydrogen) atoms. The Hall–Kier alpha value is -5.62. The van der Waals surface area contributed by atoms with Gasteiger partial charge in [-0.05, 0) is 30.0 Å². The number of benzene rings is 4. The largest absolute Gasteiger partial charge is 0.506 e. The number of nitrogens with one attached hydrogen (secondary N) is 1. The topological polar surface area (TPSA) is 314 Å². The summed E-state index contributed by atoms with van der Waals surface area (Å²) in [7, 11) is -21.6. The van der Waals surface area contributed by atoms with E-state index in [0.717, 1.165) is 0 Å². The molecule has 6 rings (SSSR count). The Labute approximate surface area is 309 Å². The second-order valence-electron chi connectivity index (χ2n) is 11.9. The van der Waals surface area contributed by atoms with E-state index in [0.29, 0.717) is 6.07 Å². The fraction of sp³-hybridized carbons (Fsp3) is 0.0909. The van der Waals surface area contributed by atoms with Gasteiger partial charge in [-0.1, -0.05) is 54.6 Å². The minimum absolute atomic E-state index is 0.0323. The average molecular weight is 833 g/mol. The van der Waals surface area contributed by atoms with E-state index in [4.69, 9.17) is 5.11 Å². The van der Waals surface area contributed by atoms with Crippen LogP contribution in [0, 0.1) is 10.4 Å². The van der Waals surface area contributed by atoms with Crippen molar-refractivity contribution in [3.63, 3.8) is 0 Å². The Morgan fingerprint density at radius 2 is 1.24 bits per heavy atom. The maximum Gasteiger partial charge on any atom is 0.303 e. The summed E-state index contributed by atoms with van der Waals surface area (Å²) in [6, 6.07) is 14.0. The van der Waals surface area contributed by atoms with Gasteiger partial charge >= 0.3 is 5.97 Å². The van der Waals surface area contributed by atoms with Crippen molar-refractivity contribution in [3.8, 4) is 0 Å². The van der Waals surface area contributed by atoms with Crippen LogP contribution < -0.4 is 21.5 Å². The molecule has 0 bridgehead atoms. The van der Waals surface area contributed by atoms with Crippen molar-refractivity contribution in [2.75, 3.05) is 11.1 Å². The Bertz CT molecular complexity index is 3270. The molecule has 0 aromatic heterocycles.